The van der Waals surface area contributed by atoms with Crippen LogP contribution in [0.3, 0.4) is 0 Å². The minimum absolute atomic E-state index is 0.142. The maximum absolute atomic E-state index is 13.6. The Morgan fingerprint density at radius 3 is 2.67 bits per heavy atom. The lowest BCUT2D eigenvalue weighted by Gasteiger charge is -2.15. The van der Waals surface area contributed by atoms with Gasteiger partial charge in [0.1, 0.15) is 11.6 Å². The van der Waals surface area contributed by atoms with Crippen LogP contribution in [0.2, 0.25) is 0 Å². The van der Waals surface area contributed by atoms with E-state index in [1.807, 2.05) is 18.3 Å². The summed E-state index contributed by atoms with van der Waals surface area (Å²) in [6, 6.07) is 12.9. The molecular formula is C20H23FN2O. The number of nitrogens with two attached hydrogens (primary N) is 1. The summed E-state index contributed by atoms with van der Waals surface area (Å²) in [6.45, 7) is 3.33. The van der Waals surface area contributed by atoms with E-state index >= 15 is 0 Å². The van der Waals surface area contributed by atoms with E-state index in [-0.39, 0.29) is 11.7 Å². The zero-order valence-corrected chi connectivity index (χ0v) is 13.9. The number of aromatic nitrogens is 1. The van der Waals surface area contributed by atoms with Crippen molar-refractivity contribution in [2.24, 2.45) is 5.73 Å². The van der Waals surface area contributed by atoms with E-state index in [4.69, 9.17) is 10.5 Å². The van der Waals surface area contributed by atoms with Crippen LogP contribution in [0.15, 0.2) is 48.7 Å². The van der Waals surface area contributed by atoms with E-state index in [1.165, 1.54) is 11.6 Å². The number of hydrogen-bond acceptors (Lipinski definition) is 2. The van der Waals surface area contributed by atoms with Gasteiger partial charge in [-0.15, -0.1) is 0 Å². The van der Waals surface area contributed by atoms with Gasteiger partial charge in [0.25, 0.3) is 0 Å². The first-order chi connectivity index (χ1) is 11.7. The van der Waals surface area contributed by atoms with Gasteiger partial charge in [-0.2, -0.15) is 0 Å². The quantitative estimate of drug-likeness (QED) is 0.677. The average Bonchev–Trinajstić information content (AvgIpc) is 3.02. The molecule has 0 radical (unpaired) electrons. The van der Waals surface area contributed by atoms with E-state index in [0.29, 0.717) is 6.54 Å². The largest absolute Gasteiger partial charge is 0.494 e. The van der Waals surface area contributed by atoms with Crippen molar-refractivity contribution in [2.45, 2.75) is 25.7 Å². The lowest BCUT2D eigenvalue weighted by molar-refractivity contribution is 0.317. The number of fused-ring (bicyclic) bond motifs is 1. The number of aromatic amines is 1. The second kappa shape index (κ2) is 7.49. The van der Waals surface area contributed by atoms with Crippen molar-refractivity contribution >= 4 is 10.9 Å². The van der Waals surface area contributed by atoms with E-state index in [1.54, 1.807) is 12.1 Å². The molecule has 1 unspecified atom stereocenters. The highest BCUT2D eigenvalue weighted by atomic mass is 19.1. The van der Waals surface area contributed by atoms with Crippen molar-refractivity contribution in [2.75, 3.05) is 13.2 Å². The van der Waals surface area contributed by atoms with Crippen molar-refractivity contribution in [3.63, 3.8) is 0 Å². The highest BCUT2D eigenvalue weighted by Gasteiger charge is 2.16. The summed E-state index contributed by atoms with van der Waals surface area (Å²) in [5.41, 5.74) is 9.20. The van der Waals surface area contributed by atoms with Crippen LogP contribution in [0.4, 0.5) is 4.39 Å². The van der Waals surface area contributed by atoms with E-state index < -0.39 is 0 Å². The zero-order valence-electron chi connectivity index (χ0n) is 13.9. The van der Waals surface area contributed by atoms with Crippen LogP contribution in [0.5, 0.6) is 5.75 Å². The van der Waals surface area contributed by atoms with Crippen LogP contribution in [-0.2, 0) is 6.42 Å². The second-order valence-electron chi connectivity index (χ2n) is 6.06. The lowest BCUT2D eigenvalue weighted by atomic mass is 9.91. The Bertz CT molecular complexity index is 795. The highest BCUT2D eigenvalue weighted by molar-refractivity contribution is 5.83. The normalized spacial score (nSPS) is 12.5. The van der Waals surface area contributed by atoms with Crippen LogP contribution in [0, 0.1) is 5.82 Å². The lowest BCUT2D eigenvalue weighted by Crippen LogP contribution is -2.14. The van der Waals surface area contributed by atoms with E-state index in [0.717, 1.165) is 41.7 Å². The molecule has 2 aromatic carbocycles. The molecule has 3 nitrogen and oxygen atoms in total. The molecule has 1 atom stereocenters. The van der Waals surface area contributed by atoms with Gasteiger partial charge >= 0.3 is 0 Å². The first kappa shape index (κ1) is 16.5. The van der Waals surface area contributed by atoms with Crippen molar-refractivity contribution in [1.82, 2.24) is 4.98 Å². The van der Waals surface area contributed by atoms with Crippen LogP contribution >= 0.6 is 0 Å². The van der Waals surface area contributed by atoms with Gasteiger partial charge in [0.05, 0.1) is 6.61 Å². The molecule has 24 heavy (non-hydrogen) atoms. The maximum atomic E-state index is 13.6. The van der Waals surface area contributed by atoms with Gasteiger partial charge in [-0.25, -0.2) is 4.39 Å². The number of hydrogen-bond donors (Lipinski definition) is 2. The molecule has 0 saturated carbocycles. The SMILES string of the molecule is CCCOc1ccc(CC(CN)c2c[nH]c3ccc(F)cc23)cc1. The van der Waals surface area contributed by atoms with Crippen LogP contribution < -0.4 is 10.5 Å². The zero-order chi connectivity index (χ0) is 16.9. The average molecular weight is 326 g/mol. The van der Waals surface area contributed by atoms with Crippen molar-refractivity contribution in [3.05, 3.63) is 65.6 Å². The highest BCUT2D eigenvalue weighted by Crippen LogP contribution is 2.29. The molecule has 0 aliphatic rings. The Kier molecular flexibility index (Phi) is 5.16. The summed E-state index contributed by atoms with van der Waals surface area (Å²) < 4.78 is 19.2. The molecule has 0 fully saturated rings. The molecule has 0 spiro atoms. The van der Waals surface area contributed by atoms with Gasteiger partial charge in [-0.3, -0.25) is 0 Å². The smallest absolute Gasteiger partial charge is 0.123 e. The van der Waals surface area contributed by atoms with Crippen molar-refractivity contribution < 1.29 is 9.13 Å². The Morgan fingerprint density at radius 2 is 1.96 bits per heavy atom. The molecule has 0 amide bonds. The molecule has 3 aromatic rings. The summed E-state index contributed by atoms with van der Waals surface area (Å²) in [5, 5.41) is 0.911. The van der Waals surface area contributed by atoms with Gasteiger partial charge in [0.2, 0.25) is 0 Å². The third-order valence-electron chi connectivity index (χ3n) is 4.28. The Labute approximate surface area is 141 Å². The first-order valence-corrected chi connectivity index (χ1v) is 8.39. The third kappa shape index (κ3) is 3.60. The van der Waals surface area contributed by atoms with Crippen molar-refractivity contribution in [3.8, 4) is 5.75 Å². The summed E-state index contributed by atoms with van der Waals surface area (Å²) >= 11 is 0. The fraction of sp³-hybridized carbons (Fsp3) is 0.300. The molecule has 0 saturated heterocycles. The molecule has 0 bridgehead atoms. The van der Waals surface area contributed by atoms with Gasteiger partial charge in [-0.1, -0.05) is 19.1 Å². The van der Waals surface area contributed by atoms with Gasteiger partial charge < -0.3 is 15.5 Å². The fourth-order valence-electron chi connectivity index (χ4n) is 3.00. The molecule has 1 aromatic heterocycles. The van der Waals surface area contributed by atoms with Gasteiger partial charge in [0.15, 0.2) is 0 Å². The molecule has 3 rings (SSSR count). The fourth-order valence-corrected chi connectivity index (χ4v) is 3.00. The van der Waals surface area contributed by atoms with Crippen molar-refractivity contribution in [1.29, 1.82) is 0 Å². The Morgan fingerprint density at radius 1 is 1.17 bits per heavy atom. The Balaban J connectivity index is 1.79. The topological polar surface area (TPSA) is 51.0 Å². The number of halogens is 1. The predicted octanol–water partition coefficient (Wildman–Crippen LogP) is 4.38. The minimum Gasteiger partial charge on any atom is -0.494 e. The first-order valence-electron chi connectivity index (χ1n) is 8.39. The number of benzene rings is 2. The molecule has 126 valence electrons. The molecule has 1 heterocycles. The molecular weight excluding hydrogens is 303 g/mol. The predicted molar refractivity (Wildman–Crippen MR) is 96.0 cm³/mol. The van der Waals surface area contributed by atoms with E-state index in [2.05, 4.69) is 24.0 Å². The summed E-state index contributed by atoms with van der Waals surface area (Å²) in [5.74, 6) is 0.804. The van der Waals surface area contributed by atoms with Crippen LogP contribution in [0.1, 0.15) is 30.4 Å². The second-order valence-corrected chi connectivity index (χ2v) is 6.06. The summed E-state index contributed by atoms with van der Waals surface area (Å²) in [6.07, 6.45) is 3.75. The summed E-state index contributed by atoms with van der Waals surface area (Å²) in [4.78, 5) is 3.21. The van der Waals surface area contributed by atoms with Crippen LogP contribution in [0.25, 0.3) is 10.9 Å². The van der Waals surface area contributed by atoms with Crippen LogP contribution in [-0.4, -0.2) is 18.1 Å². The third-order valence-corrected chi connectivity index (χ3v) is 4.28. The number of rotatable bonds is 7. The standard InChI is InChI=1S/C20H23FN2O/c1-2-9-24-17-6-3-14(4-7-17)10-15(12-22)19-13-23-20-8-5-16(21)11-18(19)20/h3-8,11,13,15,23H,2,9-10,12,22H2,1H3. The molecule has 4 heteroatoms. The summed E-state index contributed by atoms with van der Waals surface area (Å²) in [7, 11) is 0. The number of H-pyrrole nitrogens is 1. The minimum atomic E-state index is -0.225. The maximum Gasteiger partial charge on any atom is 0.123 e. The van der Waals surface area contributed by atoms with Gasteiger partial charge in [-0.05, 0) is 60.8 Å². The monoisotopic (exact) mass is 326 g/mol. The van der Waals surface area contributed by atoms with Gasteiger partial charge in [0, 0.05) is 23.0 Å². The number of ether oxygens (including phenoxy) is 1. The molecule has 0 aliphatic heterocycles. The molecule has 3 N–H and O–H groups in total. The Hall–Kier alpha value is -2.33. The molecule has 0 aliphatic carbocycles. The van der Waals surface area contributed by atoms with E-state index in [9.17, 15) is 4.39 Å². The number of nitrogens with one attached hydrogen (secondary N) is 1.